The van der Waals surface area contributed by atoms with Gasteiger partial charge in [0, 0.05) is 29.3 Å². The maximum absolute atomic E-state index is 13.2. The molecule has 41 heavy (non-hydrogen) atoms. The lowest BCUT2D eigenvalue weighted by Crippen LogP contribution is -2.54. The topological polar surface area (TPSA) is 135 Å². The summed E-state index contributed by atoms with van der Waals surface area (Å²) in [6, 6.07) is 16.6. The molecule has 0 saturated carbocycles. The van der Waals surface area contributed by atoms with Crippen LogP contribution in [0.5, 0.6) is 5.75 Å². The molecule has 1 aromatic heterocycles. The summed E-state index contributed by atoms with van der Waals surface area (Å²) in [5.41, 5.74) is 3.41. The van der Waals surface area contributed by atoms with Gasteiger partial charge in [0.1, 0.15) is 11.8 Å². The van der Waals surface area contributed by atoms with Crippen LogP contribution in [0, 0.1) is 5.92 Å². The minimum absolute atomic E-state index is 0.0406. The summed E-state index contributed by atoms with van der Waals surface area (Å²) in [7, 11) is 1.52. The molecule has 0 aliphatic carbocycles. The highest BCUT2D eigenvalue weighted by Gasteiger charge is 2.30. The fraction of sp³-hybridized carbons (Fsp3) is 0.323. The molecule has 3 N–H and O–H groups in total. The van der Waals surface area contributed by atoms with Crippen molar-refractivity contribution in [3.05, 3.63) is 84.2 Å². The molecule has 0 spiro atoms. The molecule has 2 atom stereocenters. The van der Waals surface area contributed by atoms with Crippen molar-refractivity contribution in [3.63, 3.8) is 0 Å². The van der Waals surface area contributed by atoms with Crippen LogP contribution < -0.4 is 15.4 Å². The number of nitrogens with zero attached hydrogens (tertiary/aromatic N) is 1. The molecular weight excluding hydrogens is 542 g/mol. The van der Waals surface area contributed by atoms with Crippen LogP contribution in [-0.4, -0.2) is 58.6 Å². The van der Waals surface area contributed by atoms with Crippen LogP contribution in [0.2, 0.25) is 0 Å². The number of hydrogen-bond donors (Lipinski definition) is 3. The van der Waals surface area contributed by atoms with E-state index < -0.39 is 42.1 Å². The van der Waals surface area contributed by atoms with Crippen LogP contribution in [0.3, 0.4) is 0 Å². The molecule has 0 fully saturated rings. The third kappa shape index (κ3) is 9.75. The number of Topliss-reactive ketones (excluding diaryl/α,β-unsaturated/α-hetero) is 1. The normalized spacial score (nSPS) is 12.3. The maximum atomic E-state index is 13.2. The Morgan fingerprint density at radius 1 is 0.976 bits per heavy atom. The Balaban J connectivity index is 1.66. The minimum atomic E-state index is -1.21. The van der Waals surface area contributed by atoms with Gasteiger partial charge in [0.05, 0.1) is 31.7 Å². The van der Waals surface area contributed by atoms with Crippen molar-refractivity contribution in [3.8, 4) is 16.9 Å². The molecule has 3 aromatic rings. The smallest absolute Gasteiger partial charge is 0.305 e. The van der Waals surface area contributed by atoms with Crippen molar-refractivity contribution >= 4 is 35.3 Å². The number of hydrogen-bond acceptors (Lipinski definition) is 7. The number of methoxy groups -OCH3 is 1. The van der Waals surface area contributed by atoms with E-state index >= 15 is 0 Å². The maximum Gasteiger partial charge on any atom is 0.305 e. The van der Waals surface area contributed by atoms with E-state index in [4.69, 9.17) is 4.74 Å². The number of pyridine rings is 1. The Morgan fingerprint density at radius 3 is 2.37 bits per heavy atom. The first-order valence-corrected chi connectivity index (χ1v) is 14.4. The molecule has 2 unspecified atom stereocenters. The molecule has 0 aliphatic heterocycles. The first kappa shape index (κ1) is 31.3. The minimum Gasteiger partial charge on any atom is -0.496 e. The summed E-state index contributed by atoms with van der Waals surface area (Å²) in [6.45, 7) is 3.52. The quantitative estimate of drug-likeness (QED) is 0.248. The van der Waals surface area contributed by atoms with Crippen molar-refractivity contribution < 1.29 is 29.0 Å². The molecule has 9 nitrogen and oxygen atoms in total. The highest BCUT2D eigenvalue weighted by atomic mass is 32.2. The van der Waals surface area contributed by atoms with E-state index in [-0.39, 0.29) is 18.1 Å². The Labute approximate surface area is 244 Å². The summed E-state index contributed by atoms with van der Waals surface area (Å²) in [6.07, 6.45) is 2.80. The monoisotopic (exact) mass is 577 g/mol. The van der Waals surface area contributed by atoms with Gasteiger partial charge in [0.15, 0.2) is 5.78 Å². The number of carboxylic acids is 1. The second-order valence-electron chi connectivity index (χ2n) is 9.84. The summed E-state index contributed by atoms with van der Waals surface area (Å²) in [5, 5.41) is 14.7. The van der Waals surface area contributed by atoms with Crippen molar-refractivity contribution in [2.75, 3.05) is 12.9 Å². The fourth-order valence-electron chi connectivity index (χ4n) is 4.19. The van der Waals surface area contributed by atoms with Crippen LogP contribution in [0.25, 0.3) is 11.1 Å². The number of carboxylic acid groups (broad SMARTS) is 1. The average molecular weight is 578 g/mol. The zero-order valence-corrected chi connectivity index (χ0v) is 24.1. The van der Waals surface area contributed by atoms with Crippen LogP contribution in [-0.2, 0) is 31.4 Å². The number of benzene rings is 2. The number of carbonyl (C=O) groups is 4. The molecule has 2 aromatic carbocycles. The van der Waals surface area contributed by atoms with Crippen LogP contribution in [0.4, 0.5) is 0 Å². The molecule has 0 aliphatic rings. The van der Waals surface area contributed by atoms with Gasteiger partial charge in [0.25, 0.3) is 0 Å². The summed E-state index contributed by atoms with van der Waals surface area (Å²) in [5.74, 6) is -1.81. The van der Waals surface area contributed by atoms with Gasteiger partial charge < -0.3 is 20.5 Å². The molecule has 0 radical (unpaired) electrons. The third-order valence-electron chi connectivity index (χ3n) is 6.33. The van der Waals surface area contributed by atoms with E-state index in [1.165, 1.54) is 18.9 Å². The fourth-order valence-corrected chi connectivity index (χ4v) is 5.12. The lowest BCUT2D eigenvalue weighted by Gasteiger charge is -2.25. The van der Waals surface area contributed by atoms with Crippen LogP contribution in [0.1, 0.15) is 31.4 Å². The van der Waals surface area contributed by atoms with E-state index in [0.717, 1.165) is 16.7 Å². The predicted molar refractivity (Wildman–Crippen MR) is 158 cm³/mol. The Kier molecular flexibility index (Phi) is 11.9. The number of aromatic nitrogens is 1. The molecule has 1 heterocycles. The largest absolute Gasteiger partial charge is 0.496 e. The molecule has 0 saturated heterocycles. The molecule has 216 valence electrons. The van der Waals surface area contributed by atoms with Gasteiger partial charge in [-0.2, -0.15) is 0 Å². The Bertz CT molecular complexity index is 1330. The number of nitrogens with one attached hydrogen (secondary N) is 2. The van der Waals surface area contributed by atoms with Gasteiger partial charge in [-0.1, -0.05) is 56.3 Å². The SMILES string of the molecule is COc1ccc(-c2cccnc2)cc1CC(=O)NC(C(=O)NC(CC(=O)O)C(=O)CSCc1ccccc1)C(C)C. The Morgan fingerprint density at radius 2 is 1.73 bits per heavy atom. The highest BCUT2D eigenvalue weighted by molar-refractivity contribution is 7.99. The zero-order chi connectivity index (χ0) is 29.8. The molecular formula is C31H35N3O6S. The number of carbonyl (C=O) groups excluding carboxylic acids is 3. The van der Waals surface area contributed by atoms with Gasteiger partial charge in [-0.15, -0.1) is 11.8 Å². The van der Waals surface area contributed by atoms with Gasteiger partial charge in [0.2, 0.25) is 11.8 Å². The lowest BCUT2D eigenvalue weighted by atomic mass is 10.00. The van der Waals surface area contributed by atoms with Gasteiger partial charge in [-0.05, 0) is 35.2 Å². The van der Waals surface area contributed by atoms with Gasteiger partial charge >= 0.3 is 5.97 Å². The van der Waals surface area contributed by atoms with Gasteiger partial charge in [-0.25, -0.2) is 0 Å². The third-order valence-corrected chi connectivity index (χ3v) is 7.36. The first-order valence-electron chi connectivity index (χ1n) is 13.2. The van der Waals surface area contributed by atoms with Crippen molar-refractivity contribution in [2.24, 2.45) is 5.92 Å². The van der Waals surface area contributed by atoms with E-state index in [9.17, 15) is 24.3 Å². The highest BCUT2D eigenvalue weighted by Crippen LogP contribution is 2.27. The molecule has 10 heteroatoms. The average Bonchev–Trinajstić information content (AvgIpc) is 2.96. The van der Waals surface area contributed by atoms with Gasteiger partial charge in [-0.3, -0.25) is 24.2 Å². The van der Waals surface area contributed by atoms with E-state index in [1.54, 1.807) is 32.3 Å². The van der Waals surface area contributed by atoms with Crippen LogP contribution in [0.15, 0.2) is 73.1 Å². The van der Waals surface area contributed by atoms with E-state index in [1.807, 2.05) is 54.6 Å². The number of thioether (sulfide) groups is 1. The summed E-state index contributed by atoms with van der Waals surface area (Å²) < 4.78 is 5.44. The van der Waals surface area contributed by atoms with Crippen molar-refractivity contribution in [1.82, 2.24) is 15.6 Å². The second-order valence-corrected chi connectivity index (χ2v) is 10.8. The summed E-state index contributed by atoms with van der Waals surface area (Å²) in [4.78, 5) is 54.8. The standard InChI is InChI=1S/C31H35N3O6S/c1-20(2)30(31(39)33-25(16-29(37)38)26(35)19-41-18-21-8-5-4-6-9-21)34-28(36)15-24-14-22(11-12-27(24)40-3)23-10-7-13-32-17-23/h4-14,17,20,25,30H,15-16,18-19H2,1-3H3,(H,33,39)(H,34,36)(H,37,38). The number of ether oxygens (including phenoxy) is 1. The number of amides is 2. The predicted octanol–water partition coefficient (Wildman–Crippen LogP) is 3.90. The number of ketones is 1. The Hall–Kier alpha value is -4.18. The van der Waals surface area contributed by atoms with Crippen molar-refractivity contribution in [2.45, 2.75) is 44.5 Å². The lowest BCUT2D eigenvalue weighted by molar-refractivity contribution is -0.140. The summed E-state index contributed by atoms with van der Waals surface area (Å²) >= 11 is 1.35. The first-order chi connectivity index (χ1) is 19.7. The molecule has 2 amide bonds. The number of aliphatic carboxylic acids is 1. The van der Waals surface area contributed by atoms with E-state index in [2.05, 4.69) is 15.6 Å². The molecule has 0 bridgehead atoms. The number of rotatable bonds is 15. The molecule has 3 rings (SSSR count). The van der Waals surface area contributed by atoms with E-state index in [0.29, 0.717) is 17.1 Å². The van der Waals surface area contributed by atoms with Crippen molar-refractivity contribution in [1.29, 1.82) is 0 Å². The second kappa shape index (κ2) is 15.6. The zero-order valence-electron chi connectivity index (χ0n) is 23.3. The van der Waals surface area contributed by atoms with Crippen LogP contribution >= 0.6 is 11.8 Å².